The summed E-state index contributed by atoms with van der Waals surface area (Å²) in [6.07, 6.45) is -0.481. The van der Waals surface area contributed by atoms with Crippen molar-refractivity contribution in [2.75, 3.05) is 0 Å². The largest absolute Gasteiger partial charge is 0.461 e. The molecule has 0 bridgehead atoms. The molecule has 0 saturated carbocycles. The molecule has 0 aliphatic carbocycles. The smallest absolute Gasteiger partial charge is 0.311 e. The Balaban J connectivity index is 1.87. The Hall–Kier alpha value is -3.82. The number of nitro benzene ring substituents is 2. The molecule has 27 heavy (non-hydrogen) atoms. The summed E-state index contributed by atoms with van der Waals surface area (Å²) in [7, 11) is 0. The maximum Gasteiger partial charge on any atom is 0.311 e. The normalized spacial score (nSPS) is 10.1. The summed E-state index contributed by atoms with van der Waals surface area (Å²) in [4.78, 5) is 43.4. The van der Waals surface area contributed by atoms with Crippen LogP contribution >= 0.6 is 0 Å². The van der Waals surface area contributed by atoms with Gasteiger partial charge in [0.25, 0.3) is 11.4 Å². The maximum atomic E-state index is 11.7. The third-order valence-electron chi connectivity index (χ3n) is 3.29. The summed E-state index contributed by atoms with van der Waals surface area (Å²) in [6.45, 7) is -0.394. The van der Waals surface area contributed by atoms with E-state index in [-0.39, 0.29) is 18.4 Å². The van der Waals surface area contributed by atoms with Crippen molar-refractivity contribution in [3.05, 3.63) is 74.3 Å². The Morgan fingerprint density at radius 2 is 1.41 bits per heavy atom. The molecule has 2 aromatic carbocycles. The highest BCUT2D eigenvalue weighted by molar-refractivity contribution is 5.79. The van der Waals surface area contributed by atoms with Gasteiger partial charge in [0.1, 0.15) is 12.4 Å². The summed E-state index contributed by atoms with van der Waals surface area (Å²) in [5, 5.41) is 21.6. The number of nitro groups is 2. The van der Waals surface area contributed by atoms with Crippen molar-refractivity contribution in [2.45, 2.75) is 19.4 Å². The predicted molar refractivity (Wildman–Crippen MR) is 90.9 cm³/mol. The van der Waals surface area contributed by atoms with Crippen molar-refractivity contribution < 1.29 is 28.9 Å². The highest BCUT2D eigenvalue weighted by Gasteiger charge is 2.17. The van der Waals surface area contributed by atoms with Gasteiger partial charge in [-0.25, -0.2) is 0 Å². The third-order valence-corrected chi connectivity index (χ3v) is 3.29. The highest BCUT2D eigenvalue weighted by atomic mass is 16.6. The molecule has 0 unspecified atom stereocenters. The van der Waals surface area contributed by atoms with Gasteiger partial charge in [-0.15, -0.1) is 0 Å². The fraction of sp³-hybridized carbons (Fsp3) is 0.176. The van der Waals surface area contributed by atoms with Gasteiger partial charge in [-0.3, -0.25) is 29.8 Å². The zero-order valence-electron chi connectivity index (χ0n) is 13.9. The third kappa shape index (κ3) is 6.20. The summed E-state index contributed by atoms with van der Waals surface area (Å²) in [6, 6.07) is 11.3. The quantitative estimate of drug-likeness (QED) is 0.297. The van der Waals surface area contributed by atoms with E-state index in [0.717, 1.165) is 18.2 Å². The van der Waals surface area contributed by atoms with Crippen LogP contribution in [0.1, 0.15) is 18.4 Å². The Kier molecular flexibility index (Phi) is 6.53. The lowest BCUT2D eigenvalue weighted by molar-refractivity contribution is -0.394. The average molecular weight is 374 g/mol. The highest BCUT2D eigenvalue weighted by Crippen LogP contribution is 2.23. The van der Waals surface area contributed by atoms with E-state index in [2.05, 4.69) is 0 Å². The molecular weight excluding hydrogens is 360 g/mol. The van der Waals surface area contributed by atoms with Gasteiger partial charge in [-0.2, -0.15) is 0 Å². The van der Waals surface area contributed by atoms with Gasteiger partial charge >= 0.3 is 11.9 Å². The van der Waals surface area contributed by atoms with Crippen LogP contribution < -0.4 is 4.74 Å². The number of carbonyl (C=O) groups excluding carboxylic acids is 2. The molecule has 0 spiro atoms. The molecule has 2 aromatic rings. The lowest BCUT2D eigenvalue weighted by Gasteiger charge is -2.06. The Bertz CT molecular complexity index is 834. The monoisotopic (exact) mass is 374 g/mol. The number of hydrogen-bond acceptors (Lipinski definition) is 8. The molecule has 0 saturated heterocycles. The zero-order valence-corrected chi connectivity index (χ0v) is 13.9. The molecule has 140 valence electrons. The summed E-state index contributed by atoms with van der Waals surface area (Å²) in [5.74, 6) is -1.02. The summed E-state index contributed by atoms with van der Waals surface area (Å²) >= 11 is 0. The molecule has 0 aliphatic rings. The van der Waals surface area contributed by atoms with Gasteiger partial charge in [0, 0.05) is 17.7 Å². The molecule has 0 atom stereocenters. The van der Waals surface area contributed by atoms with Crippen molar-refractivity contribution >= 4 is 23.3 Å². The van der Waals surface area contributed by atoms with Gasteiger partial charge in [-0.05, 0) is 12.1 Å². The first-order valence-corrected chi connectivity index (χ1v) is 7.69. The van der Waals surface area contributed by atoms with E-state index in [9.17, 15) is 29.8 Å². The summed E-state index contributed by atoms with van der Waals surface area (Å²) in [5.41, 5.74) is -0.875. The molecule has 0 heterocycles. The number of esters is 2. The van der Waals surface area contributed by atoms with E-state index in [0.29, 0.717) is 5.75 Å². The standard InChI is InChI=1S/C17H14N2O8/c20-16(6-7-17(21)27-15-4-2-1-3-5-15)26-11-12-8-13(18(22)23)10-14(9-12)19(24)25/h1-5,8-10H,6-7,11H2. The zero-order chi connectivity index (χ0) is 19.8. The first-order valence-electron chi connectivity index (χ1n) is 7.69. The lowest BCUT2D eigenvalue weighted by Crippen LogP contribution is -2.12. The number of nitrogens with zero attached hydrogens (tertiary/aromatic N) is 2. The molecule has 10 heteroatoms. The van der Waals surface area contributed by atoms with E-state index >= 15 is 0 Å². The van der Waals surface area contributed by atoms with Gasteiger partial charge in [0.05, 0.1) is 28.8 Å². The number of ether oxygens (including phenoxy) is 2. The number of benzene rings is 2. The Labute approximate surface area is 152 Å². The molecule has 0 fully saturated rings. The van der Waals surface area contributed by atoms with Crippen LogP contribution in [0.15, 0.2) is 48.5 Å². The SMILES string of the molecule is O=C(CCC(=O)Oc1ccccc1)OCc1cc([N+](=O)[O-])cc([N+](=O)[O-])c1. The molecule has 0 aromatic heterocycles. The molecule has 0 amide bonds. The predicted octanol–water partition coefficient (Wildman–Crippen LogP) is 2.93. The minimum Gasteiger partial charge on any atom is -0.461 e. The van der Waals surface area contributed by atoms with Crippen LogP contribution in [0.5, 0.6) is 5.75 Å². The second kappa shape index (κ2) is 9.04. The minimum atomic E-state index is -0.780. The Morgan fingerprint density at radius 1 is 0.852 bits per heavy atom. The van der Waals surface area contributed by atoms with E-state index in [1.165, 1.54) is 0 Å². The number of carbonyl (C=O) groups is 2. The van der Waals surface area contributed by atoms with Gasteiger partial charge in [0.2, 0.25) is 0 Å². The van der Waals surface area contributed by atoms with Gasteiger partial charge in [-0.1, -0.05) is 18.2 Å². The number of rotatable bonds is 8. The van der Waals surface area contributed by atoms with Crippen LogP contribution in [0.2, 0.25) is 0 Å². The van der Waals surface area contributed by atoms with Gasteiger partial charge < -0.3 is 9.47 Å². The van der Waals surface area contributed by atoms with Crippen molar-refractivity contribution in [3.63, 3.8) is 0 Å². The number of para-hydroxylation sites is 1. The van der Waals surface area contributed by atoms with E-state index in [1.807, 2.05) is 0 Å². The van der Waals surface area contributed by atoms with E-state index in [1.54, 1.807) is 30.3 Å². The fourth-order valence-corrected chi connectivity index (χ4v) is 2.06. The van der Waals surface area contributed by atoms with Gasteiger partial charge in [0.15, 0.2) is 0 Å². The van der Waals surface area contributed by atoms with Crippen LogP contribution in [0.3, 0.4) is 0 Å². The Morgan fingerprint density at radius 3 is 1.96 bits per heavy atom. The van der Waals surface area contributed by atoms with E-state index in [4.69, 9.17) is 9.47 Å². The van der Waals surface area contributed by atoms with Crippen LogP contribution in [0.4, 0.5) is 11.4 Å². The van der Waals surface area contributed by atoms with Crippen molar-refractivity contribution in [3.8, 4) is 5.75 Å². The second-order valence-electron chi connectivity index (χ2n) is 5.32. The topological polar surface area (TPSA) is 139 Å². The van der Waals surface area contributed by atoms with Crippen molar-refractivity contribution in [2.24, 2.45) is 0 Å². The molecule has 0 N–H and O–H groups in total. The molecule has 10 nitrogen and oxygen atoms in total. The molecule has 2 rings (SSSR count). The molecule has 0 radical (unpaired) electrons. The van der Waals surface area contributed by atoms with Crippen LogP contribution in [0, 0.1) is 20.2 Å². The number of hydrogen-bond donors (Lipinski definition) is 0. The van der Waals surface area contributed by atoms with Crippen LogP contribution in [0.25, 0.3) is 0 Å². The summed E-state index contributed by atoms with van der Waals surface area (Å²) < 4.78 is 9.92. The van der Waals surface area contributed by atoms with Crippen molar-refractivity contribution in [1.29, 1.82) is 0 Å². The first-order chi connectivity index (χ1) is 12.8. The fourth-order valence-electron chi connectivity index (χ4n) is 2.06. The maximum absolute atomic E-state index is 11.7. The minimum absolute atomic E-state index is 0.0936. The van der Waals surface area contributed by atoms with E-state index < -0.39 is 39.8 Å². The number of non-ortho nitro benzene ring substituents is 2. The average Bonchev–Trinajstić information content (AvgIpc) is 2.65. The van der Waals surface area contributed by atoms with Crippen LogP contribution in [-0.2, 0) is 20.9 Å². The lowest BCUT2D eigenvalue weighted by atomic mass is 10.2. The van der Waals surface area contributed by atoms with Crippen molar-refractivity contribution in [1.82, 2.24) is 0 Å². The molecular formula is C17H14N2O8. The second-order valence-corrected chi connectivity index (χ2v) is 5.32. The van der Waals surface area contributed by atoms with Crippen LogP contribution in [-0.4, -0.2) is 21.8 Å². The first kappa shape index (κ1) is 19.5. The molecule has 0 aliphatic heterocycles.